The molecule has 8 heteroatoms. The van der Waals surface area contributed by atoms with Gasteiger partial charge < -0.3 is 14.8 Å². The molecule has 1 unspecified atom stereocenters. The molecule has 30 heavy (non-hydrogen) atoms. The second-order valence-corrected chi connectivity index (χ2v) is 7.78. The van der Waals surface area contributed by atoms with Gasteiger partial charge in [0.05, 0.1) is 25.0 Å². The fourth-order valence-corrected chi connectivity index (χ4v) is 3.54. The normalized spacial score (nSPS) is 20.0. The summed E-state index contributed by atoms with van der Waals surface area (Å²) in [6.07, 6.45) is 2.86. The molecule has 0 spiro atoms. The molecule has 1 atom stereocenters. The lowest BCUT2D eigenvalue weighted by Gasteiger charge is -2.22. The van der Waals surface area contributed by atoms with Crippen LogP contribution >= 0.6 is 0 Å². The van der Waals surface area contributed by atoms with Gasteiger partial charge >= 0.3 is 6.18 Å². The summed E-state index contributed by atoms with van der Waals surface area (Å²) < 4.78 is 52.4. The zero-order chi connectivity index (χ0) is 21.9. The van der Waals surface area contributed by atoms with Crippen molar-refractivity contribution in [2.45, 2.75) is 51.9 Å². The highest BCUT2D eigenvalue weighted by molar-refractivity contribution is 5.67. The monoisotopic (exact) mass is 423 g/mol. The van der Waals surface area contributed by atoms with E-state index in [1.54, 1.807) is 13.2 Å². The summed E-state index contributed by atoms with van der Waals surface area (Å²) >= 11 is 0. The topological polar surface area (TPSA) is 48.3 Å². The number of nitrogens with one attached hydrogen (secondary N) is 1. The van der Waals surface area contributed by atoms with Crippen LogP contribution in [-0.2, 0) is 16.0 Å². The molecule has 2 aliphatic heterocycles. The zero-order valence-electron chi connectivity index (χ0n) is 17.6. The standard InChI is InChI=1S/C22H28F3N3O2/c1-14(2)17(11-15(3)22(23,24)25)18-12-19-20(7-5-6-10-28(19)27-18)30-16-8-9-21(29-4)26-13-16/h8-9,11-12,14,20,26H,3,5-7,10,13H2,1-2,4H3/b17-11+. The fourth-order valence-electron chi connectivity index (χ4n) is 3.54. The molecule has 1 aromatic rings. The van der Waals surface area contributed by atoms with Gasteiger partial charge in [-0.25, -0.2) is 0 Å². The van der Waals surface area contributed by atoms with Crippen molar-refractivity contribution in [3.63, 3.8) is 0 Å². The number of rotatable bonds is 6. The fraction of sp³-hybridized carbons (Fsp3) is 0.500. The molecule has 0 radical (unpaired) electrons. The van der Waals surface area contributed by atoms with E-state index < -0.39 is 11.7 Å². The third kappa shape index (κ3) is 5.09. The first-order valence-electron chi connectivity index (χ1n) is 10.1. The largest absolute Gasteiger partial charge is 0.487 e. The Labute approximate surface area is 174 Å². The molecular formula is C22H28F3N3O2. The minimum Gasteiger partial charge on any atom is -0.487 e. The molecule has 3 rings (SSSR count). The van der Waals surface area contributed by atoms with Crippen LogP contribution in [0.1, 0.15) is 50.6 Å². The molecule has 0 aliphatic carbocycles. The van der Waals surface area contributed by atoms with Crippen LogP contribution in [0.5, 0.6) is 0 Å². The zero-order valence-corrected chi connectivity index (χ0v) is 17.6. The second kappa shape index (κ2) is 9.02. The first-order chi connectivity index (χ1) is 14.2. The lowest BCUT2D eigenvalue weighted by Crippen LogP contribution is -2.23. The number of fused-ring (bicyclic) bond motifs is 1. The van der Waals surface area contributed by atoms with E-state index in [4.69, 9.17) is 9.47 Å². The summed E-state index contributed by atoms with van der Waals surface area (Å²) in [5, 5.41) is 7.75. The Morgan fingerprint density at radius 2 is 2.10 bits per heavy atom. The van der Waals surface area contributed by atoms with Gasteiger partial charge in [0.2, 0.25) is 0 Å². The number of allylic oxidation sites excluding steroid dienone is 5. The smallest absolute Gasteiger partial charge is 0.415 e. The number of hydrogen-bond donors (Lipinski definition) is 1. The number of methoxy groups -OCH3 is 1. The summed E-state index contributed by atoms with van der Waals surface area (Å²) in [6, 6.07) is 1.86. The van der Waals surface area contributed by atoms with Crippen molar-refractivity contribution < 1.29 is 22.6 Å². The SMILES string of the molecule is C=C(/C=C(/c1cc2n(n1)CCCCC2OC1=CC=C(OC)NC1)C(C)C)C(F)(F)F. The van der Waals surface area contributed by atoms with E-state index in [2.05, 4.69) is 17.0 Å². The third-order valence-electron chi connectivity index (χ3n) is 5.21. The lowest BCUT2D eigenvalue weighted by atomic mass is 9.97. The Balaban J connectivity index is 1.90. The van der Waals surface area contributed by atoms with Crippen molar-refractivity contribution >= 4 is 5.57 Å². The molecule has 1 N–H and O–H groups in total. The molecule has 0 saturated heterocycles. The van der Waals surface area contributed by atoms with Crippen molar-refractivity contribution in [1.29, 1.82) is 0 Å². The van der Waals surface area contributed by atoms with Crippen LogP contribution in [0, 0.1) is 5.92 Å². The maximum Gasteiger partial charge on any atom is 0.415 e. The van der Waals surface area contributed by atoms with Crippen LogP contribution in [0.3, 0.4) is 0 Å². The van der Waals surface area contributed by atoms with Gasteiger partial charge in [0.1, 0.15) is 11.9 Å². The van der Waals surface area contributed by atoms with E-state index in [0.717, 1.165) is 36.8 Å². The lowest BCUT2D eigenvalue weighted by molar-refractivity contribution is -0.0877. The quantitative estimate of drug-likeness (QED) is 0.635. The Morgan fingerprint density at radius 1 is 1.33 bits per heavy atom. The third-order valence-corrected chi connectivity index (χ3v) is 5.21. The summed E-state index contributed by atoms with van der Waals surface area (Å²) in [7, 11) is 1.59. The van der Waals surface area contributed by atoms with Gasteiger partial charge in [-0.15, -0.1) is 0 Å². The average Bonchev–Trinajstić information content (AvgIpc) is 3.02. The van der Waals surface area contributed by atoms with Crippen LogP contribution in [0.2, 0.25) is 0 Å². The van der Waals surface area contributed by atoms with E-state index in [1.807, 2.05) is 30.7 Å². The minimum atomic E-state index is -4.46. The maximum absolute atomic E-state index is 13.0. The number of dihydropyridines is 1. The van der Waals surface area contributed by atoms with Crippen molar-refractivity contribution in [3.8, 4) is 0 Å². The van der Waals surface area contributed by atoms with E-state index in [-0.39, 0.29) is 12.0 Å². The van der Waals surface area contributed by atoms with Gasteiger partial charge in [-0.05, 0) is 49.0 Å². The molecule has 1 aromatic heterocycles. The summed E-state index contributed by atoms with van der Waals surface area (Å²) in [6.45, 7) is 8.12. The number of nitrogens with zero attached hydrogens (tertiary/aromatic N) is 2. The average molecular weight is 423 g/mol. The number of ether oxygens (including phenoxy) is 2. The van der Waals surface area contributed by atoms with E-state index in [9.17, 15) is 13.2 Å². The molecule has 3 heterocycles. The van der Waals surface area contributed by atoms with Gasteiger partial charge in [-0.2, -0.15) is 18.3 Å². The summed E-state index contributed by atoms with van der Waals surface area (Å²) in [5.74, 6) is 1.32. The highest BCUT2D eigenvalue weighted by Gasteiger charge is 2.32. The summed E-state index contributed by atoms with van der Waals surface area (Å²) in [4.78, 5) is 0. The number of hydrogen-bond acceptors (Lipinski definition) is 4. The Bertz CT molecular complexity index is 879. The van der Waals surface area contributed by atoms with Gasteiger partial charge in [-0.3, -0.25) is 4.68 Å². The molecule has 2 aliphatic rings. The predicted molar refractivity (Wildman–Crippen MR) is 109 cm³/mol. The molecule has 0 fully saturated rings. The maximum atomic E-state index is 13.0. The van der Waals surface area contributed by atoms with Crippen molar-refractivity contribution in [2.24, 2.45) is 5.92 Å². The Kier molecular flexibility index (Phi) is 6.63. The van der Waals surface area contributed by atoms with Gasteiger partial charge in [0.15, 0.2) is 5.88 Å². The first-order valence-corrected chi connectivity index (χ1v) is 10.1. The van der Waals surface area contributed by atoms with Gasteiger partial charge in [0, 0.05) is 18.2 Å². The van der Waals surface area contributed by atoms with Crippen LogP contribution in [0.25, 0.3) is 5.57 Å². The molecule has 5 nitrogen and oxygen atoms in total. The van der Waals surface area contributed by atoms with Gasteiger partial charge in [-0.1, -0.05) is 20.4 Å². The van der Waals surface area contributed by atoms with E-state index in [1.165, 1.54) is 0 Å². The van der Waals surface area contributed by atoms with Crippen molar-refractivity contribution in [2.75, 3.05) is 13.7 Å². The highest BCUT2D eigenvalue weighted by atomic mass is 19.4. The van der Waals surface area contributed by atoms with Crippen molar-refractivity contribution in [3.05, 3.63) is 59.5 Å². The number of alkyl halides is 3. The first kappa shape index (κ1) is 22.1. The Hall–Kier alpha value is -2.64. The molecule has 0 saturated carbocycles. The second-order valence-electron chi connectivity index (χ2n) is 7.78. The van der Waals surface area contributed by atoms with Crippen LogP contribution in [0.15, 0.2) is 48.1 Å². The molecule has 0 amide bonds. The van der Waals surface area contributed by atoms with Crippen LogP contribution in [0.4, 0.5) is 13.2 Å². The molecule has 164 valence electrons. The molecule has 0 aromatic carbocycles. The Morgan fingerprint density at radius 3 is 2.70 bits per heavy atom. The van der Waals surface area contributed by atoms with Crippen LogP contribution < -0.4 is 5.32 Å². The van der Waals surface area contributed by atoms with Crippen molar-refractivity contribution in [1.82, 2.24) is 15.1 Å². The molecular weight excluding hydrogens is 395 g/mol. The summed E-state index contributed by atoms with van der Waals surface area (Å²) in [5.41, 5.74) is 1.07. The number of aryl methyl sites for hydroxylation is 1. The van der Waals surface area contributed by atoms with Gasteiger partial charge in [0.25, 0.3) is 0 Å². The number of halogens is 3. The van der Waals surface area contributed by atoms with E-state index >= 15 is 0 Å². The minimum absolute atomic E-state index is 0.134. The predicted octanol–water partition coefficient (Wildman–Crippen LogP) is 5.26. The van der Waals surface area contributed by atoms with Crippen LogP contribution in [-0.4, -0.2) is 29.6 Å². The molecule has 0 bridgehead atoms. The van der Waals surface area contributed by atoms with E-state index in [0.29, 0.717) is 30.2 Å². The number of aromatic nitrogens is 2. The highest BCUT2D eigenvalue weighted by Crippen LogP contribution is 2.35.